The fourth-order valence-electron chi connectivity index (χ4n) is 2.24. The van der Waals surface area contributed by atoms with Gasteiger partial charge >= 0.3 is 0 Å². The molecule has 2 rings (SSSR count). The maximum Gasteiger partial charge on any atom is 0.159 e. The first kappa shape index (κ1) is 16.1. The molecule has 0 amide bonds. The van der Waals surface area contributed by atoms with Gasteiger partial charge in [-0.15, -0.1) is 0 Å². The third kappa shape index (κ3) is 3.87. The summed E-state index contributed by atoms with van der Waals surface area (Å²) in [5.41, 5.74) is 3.61. The van der Waals surface area contributed by atoms with Gasteiger partial charge in [-0.3, -0.25) is 11.3 Å². The molecule has 20 heavy (non-hydrogen) atoms. The average Bonchev–Trinajstić information content (AvgIpc) is 2.43. The van der Waals surface area contributed by atoms with Gasteiger partial charge in [-0.25, -0.2) is 8.78 Å². The lowest BCUT2D eigenvalue weighted by molar-refractivity contribution is 0.498. The van der Waals surface area contributed by atoms with E-state index in [-0.39, 0.29) is 6.04 Å². The lowest BCUT2D eigenvalue weighted by Gasteiger charge is -2.35. The summed E-state index contributed by atoms with van der Waals surface area (Å²) < 4.78 is 26.2. The van der Waals surface area contributed by atoms with E-state index in [0.717, 1.165) is 11.3 Å². The summed E-state index contributed by atoms with van der Waals surface area (Å²) in [5.74, 6) is 5.07. The lowest BCUT2D eigenvalue weighted by atomic mass is 10.0. The van der Waals surface area contributed by atoms with Crippen LogP contribution in [0.3, 0.4) is 0 Å². The van der Waals surface area contributed by atoms with Crippen LogP contribution in [-0.4, -0.2) is 27.5 Å². The molecule has 4 atom stereocenters. The molecule has 4 unspecified atom stereocenters. The average molecular weight is 318 g/mol. The molecule has 0 aromatic heterocycles. The van der Waals surface area contributed by atoms with Gasteiger partial charge in [0.2, 0.25) is 0 Å². The van der Waals surface area contributed by atoms with Crippen molar-refractivity contribution >= 4 is 23.5 Å². The molecule has 1 fully saturated rings. The Morgan fingerprint density at radius 2 is 2.05 bits per heavy atom. The number of nitrogens with one attached hydrogen (secondary N) is 1. The van der Waals surface area contributed by atoms with E-state index in [1.165, 1.54) is 12.1 Å². The molecule has 3 N–H and O–H groups in total. The molecule has 1 aromatic carbocycles. The second-order valence-corrected chi connectivity index (χ2v) is 8.18. The van der Waals surface area contributed by atoms with Crippen LogP contribution in [0.5, 0.6) is 0 Å². The number of rotatable bonds is 4. The highest BCUT2D eigenvalue weighted by molar-refractivity contribution is 8.07. The van der Waals surface area contributed by atoms with Crippen LogP contribution < -0.4 is 11.3 Å². The van der Waals surface area contributed by atoms with Crippen LogP contribution in [0.4, 0.5) is 8.78 Å². The second-order valence-electron chi connectivity index (χ2n) is 5.14. The standard InChI is InChI=1S/C14H20F2N2S2/c1-8-9(2)20-14(7-19-8)13(18-17)6-10-3-4-11(15)12(16)5-10/h3-5,8-9,13-14,18H,6-7,17H2,1-2H3. The molecule has 6 heteroatoms. The molecule has 112 valence electrons. The molecule has 1 aliphatic heterocycles. The lowest BCUT2D eigenvalue weighted by Crippen LogP contribution is -2.47. The van der Waals surface area contributed by atoms with E-state index in [2.05, 4.69) is 19.3 Å². The zero-order valence-electron chi connectivity index (χ0n) is 11.6. The Labute approximate surface area is 127 Å². The van der Waals surface area contributed by atoms with Crippen molar-refractivity contribution < 1.29 is 8.78 Å². The summed E-state index contributed by atoms with van der Waals surface area (Å²) in [7, 11) is 0. The number of hydrogen-bond donors (Lipinski definition) is 2. The fourth-order valence-corrected chi connectivity index (χ4v) is 5.35. The van der Waals surface area contributed by atoms with Crippen molar-refractivity contribution in [2.24, 2.45) is 5.84 Å². The summed E-state index contributed by atoms with van der Waals surface area (Å²) in [6, 6.07) is 4.11. The topological polar surface area (TPSA) is 38.0 Å². The van der Waals surface area contributed by atoms with Crippen LogP contribution in [0.1, 0.15) is 19.4 Å². The maximum atomic E-state index is 13.3. The van der Waals surface area contributed by atoms with Crippen molar-refractivity contribution in [1.82, 2.24) is 5.43 Å². The van der Waals surface area contributed by atoms with Crippen LogP contribution in [-0.2, 0) is 6.42 Å². The molecule has 0 aliphatic carbocycles. The summed E-state index contributed by atoms with van der Waals surface area (Å²) >= 11 is 3.87. The molecule has 0 spiro atoms. The highest BCUT2D eigenvalue weighted by atomic mass is 32.2. The summed E-state index contributed by atoms with van der Waals surface area (Å²) in [6.45, 7) is 4.46. The first-order valence-corrected chi connectivity index (χ1v) is 8.67. The molecule has 1 heterocycles. The quantitative estimate of drug-likeness (QED) is 0.661. The smallest absolute Gasteiger partial charge is 0.159 e. The van der Waals surface area contributed by atoms with Gasteiger partial charge in [-0.2, -0.15) is 23.5 Å². The van der Waals surface area contributed by atoms with E-state index in [4.69, 9.17) is 5.84 Å². The van der Waals surface area contributed by atoms with Gasteiger partial charge in [0.05, 0.1) is 0 Å². The Morgan fingerprint density at radius 1 is 1.30 bits per heavy atom. The Kier molecular flexibility index (Phi) is 5.72. The van der Waals surface area contributed by atoms with Gasteiger partial charge in [0.1, 0.15) is 0 Å². The Bertz CT molecular complexity index is 459. The maximum absolute atomic E-state index is 13.3. The third-order valence-electron chi connectivity index (χ3n) is 3.68. The number of benzene rings is 1. The van der Waals surface area contributed by atoms with Crippen LogP contribution in [0, 0.1) is 11.6 Å². The molecule has 1 aromatic rings. The van der Waals surface area contributed by atoms with Crippen LogP contribution >= 0.6 is 23.5 Å². The van der Waals surface area contributed by atoms with Crippen molar-refractivity contribution in [3.63, 3.8) is 0 Å². The Hall–Kier alpha value is -0.300. The van der Waals surface area contributed by atoms with Crippen LogP contribution in [0.2, 0.25) is 0 Å². The Balaban J connectivity index is 2.03. The number of nitrogens with two attached hydrogens (primary N) is 1. The number of hydrogen-bond acceptors (Lipinski definition) is 4. The predicted octanol–water partition coefficient (Wildman–Crippen LogP) is 2.96. The summed E-state index contributed by atoms with van der Waals surface area (Å²) in [4.78, 5) is 0. The minimum absolute atomic E-state index is 0.0623. The van der Waals surface area contributed by atoms with Crippen molar-refractivity contribution in [2.75, 3.05) is 5.75 Å². The van der Waals surface area contributed by atoms with Crippen LogP contribution in [0.25, 0.3) is 0 Å². The summed E-state index contributed by atoms with van der Waals surface area (Å²) in [5, 5.41) is 1.59. The molecule has 0 radical (unpaired) electrons. The van der Waals surface area contributed by atoms with Crippen molar-refractivity contribution in [3.05, 3.63) is 35.4 Å². The van der Waals surface area contributed by atoms with E-state index >= 15 is 0 Å². The minimum Gasteiger partial charge on any atom is -0.271 e. The van der Waals surface area contributed by atoms with E-state index in [9.17, 15) is 8.78 Å². The van der Waals surface area contributed by atoms with E-state index in [1.54, 1.807) is 6.07 Å². The fraction of sp³-hybridized carbons (Fsp3) is 0.571. The van der Waals surface area contributed by atoms with E-state index in [0.29, 0.717) is 22.2 Å². The zero-order valence-corrected chi connectivity index (χ0v) is 13.2. The molecular formula is C14H20F2N2S2. The van der Waals surface area contributed by atoms with Crippen molar-refractivity contribution in [1.29, 1.82) is 0 Å². The van der Waals surface area contributed by atoms with Crippen molar-refractivity contribution in [2.45, 2.75) is 42.1 Å². The molecule has 0 bridgehead atoms. The number of hydrazine groups is 1. The first-order chi connectivity index (χ1) is 9.51. The van der Waals surface area contributed by atoms with Crippen LogP contribution in [0.15, 0.2) is 18.2 Å². The molecule has 1 saturated heterocycles. The second kappa shape index (κ2) is 7.11. The third-order valence-corrected chi connectivity index (χ3v) is 7.23. The number of thioether (sulfide) groups is 2. The predicted molar refractivity (Wildman–Crippen MR) is 83.9 cm³/mol. The van der Waals surface area contributed by atoms with Gasteiger partial charge in [0.25, 0.3) is 0 Å². The van der Waals surface area contributed by atoms with E-state index in [1.807, 2.05) is 23.5 Å². The van der Waals surface area contributed by atoms with Crippen molar-refractivity contribution in [3.8, 4) is 0 Å². The van der Waals surface area contributed by atoms with Gasteiger partial charge in [0.15, 0.2) is 11.6 Å². The molecule has 2 nitrogen and oxygen atoms in total. The van der Waals surface area contributed by atoms with E-state index < -0.39 is 11.6 Å². The normalized spacial score (nSPS) is 28.4. The Morgan fingerprint density at radius 3 is 2.65 bits per heavy atom. The summed E-state index contributed by atoms with van der Waals surface area (Å²) in [6.07, 6.45) is 0.604. The zero-order chi connectivity index (χ0) is 14.7. The first-order valence-electron chi connectivity index (χ1n) is 6.68. The van der Waals surface area contributed by atoms with Gasteiger partial charge in [0, 0.05) is 27.5 Å². The highest BCUT2D eigenvalue weighted by Crippen LogP contribution is 2.37. The monoisotopic (exact) mass is 318 g/mol. The largest absolute Gasteiger partial charge is 0.271 e. The van der Waals surface area contributed by atoms with Gasteiger partial charge in [-0.05, 0) is 24.1 Å². The number of halogens is 2. The minimum atomic E-state index is -0.809. The SMILES string of the molecule is CC1SCC(C(Cc2ccc(F)c(F)c2)NN)SC1C. The highest BCUT2D eigenvalue weighted by Gasteiger charge is 2.30. The molecule has 1 aliphatic rings. The molecular weight excluding hydrogens is 298 g/mol. The van der Waals surface area contributed by atoms with Gasteiger partial charge < -0.3 is 0 Å². The molecule has 0 saturated carbocycles. The van der Waals surface area contributed by atoms with Gasteiger partial charge in [-0.1, -0.05) is 19.9 Å².